The van der Waals surface area contributed by atoms with Crippen LogP contribution in [-0.2, 0) is 26.2 Å². The van der Waals surface area contributed by atoms with Gasteiger partial charge >= 0.3 is 0 Å². The van der Waals surface area contributed by atoms with Crippen LogP contribution in [0.2, 0.25) is 0 Å². The number of carbonyl (C=O) groups excluding carboxylic acids is 2. The molecule has 0 bridgehead atoms. The van der Waals surface area contributed by atoms with E-state index in [1.807, 2.05) is 45.0 Å². The molecular weight excluding hydrogens is 457 g/mol. The van der Waals surface area contributed by atoms with E-state index in [9.17, 15) is 22.4 Å². The number of sulfonamides is 1. The molecule has 0 aliphatic carbocycles. The number of nitrogens with one attached hydrogen (secondary N) is 1. The van der Waals surface area contributed by atoms with Crippen molar-refractivity contribution in [3.05, 3.63) is 65.5 Å². The molecule has 2 rings (SSSR count). The Morgan fingerprint density at radius 3 is 2.21 bits per heavy atom. The molecule has 0 aliphatic rings. The third-order valence-electron chi connectivity index (χ3n) is 5.47. The molecule has 0 saturated carbocycles. The predicted octanol–water partition coefficient (Wildman–Crippen LogP) is 3.62. The Hall–Kier alpha value is -2.94. The molecule has 2 aromatic carbocycles. The second-order valence-corrected chi connectivity index (χ2v) is 10.6. The van der Waals surface area contributed by atoms with Crippen LogP contribution < -0.4 is 9.62 Å². The molecule has 0 saturated heterocycles. The molecule has 2 aromatic rings. The number of benzene rings is 2. The van der Waals surface area contributed by atoms with E-state index in [-0.39, 0.29) is 43.8 Å². The van der Waals surface area contributed by atoms with Gasteiger partial charge in [0.25, 0.3) is 0 Å². The van der Waals surface area contributed by atoms with Crippen molar-refractivity contribution in [1.82, 2.24) is 10.2 Å². The van der Waals surface area contributed by atoms with Crippen molar-refractivity contribution in [3.63, 3.8) is 0 Å². The highest BCUT2D eigenvalue weighted by atomic mass is 32.2. The topological polar surface area (TPSA) is 86.8 Å². The van der Waals surface area contributed by atoms with Gasteiger partial charge in [0.2, 0.25) is 21.8 Å². The Morgan fingerprint density at radius 2 is 1.65 bits per heavy atom. The standard InChI is InChI=1S/C25H34FN3O4S/c1-18(2)27-25(31)20(4)28(17-21-10-7-6-9-19(21)3)24(30)11-8-16-29(34(5,32)33)23-14-12-22(26)13-15-23/h6-7,9-10,12-15,18,20H,8,11,16-17H2,1-5H3,(H,27,31)/t20-/m1/s1. The summed E-state index contributed by atoms with van der Waals surface area (Å²) in [5.41, 5.74) is 2.28. The number of hydrogen-bond acceptors (Lipinski definition) is 4. The van der Waals surface area contributed by atoms with Crippen LogP contribution in [0.5, 0.6) is 0 Å². The van der Waals surface area contributed by atoms with Crippen molar-refractivity contribution < 1.29 is 22.4 Å². The van der Waals surface area contributed by atoms with E-state index >= 15 is 0 Å². The van der Waals surface area contributed by atoms with Gasteiger partial charge in [-0.05, 0) is 69.5 Å². The second kappa shape index (κ2) is 12.0. The Morgan fingerprint density at radius 1 is 1.03 bits per heavy atom. The summed E-state index contributed by atoms with van der Waals surface area (Å²) in [7, 11) is -3.62. The zero-order chi connectivity index (χ0) is 25.5. The van der Waals surface area contributed by atoms with E-state index in [4.69, 9.17) is 0 Å². The third-order valence-corrected chi connectivity index (χ3v) is 6.66. The summed E-state index contributed by atoms with van der Waals surface area (Å²) < 4.78 is 39.0. The van der Waals surface area contributed by atoms with Crippen molar-refractivity contribution in [1.29, 1.82) is 0 Å². The largest absolute Gasteiger partial charge is 0.352 e. The van der Waals surface area contributed by atoms with Crippen LogP contribution >= 0.6 is 0 Å². The maximum Gasteiger partial charge on any atom is 0.242 e. The van der Waals surface area contributed by atoms with Gasteiger partial charge in [0.1, 0.15) is 11.9 Å². The van der Waals surface area contributed by atoms with Crippen molar-refractivity contribution in [2.75, 3.05) is 17.1 Å². The van der Waals surface area contributed by atoms with Gasteiger partial charge in [-0.25, -0.2) is 12.8 Å². The molecule has 186 valence electrons. The SMILES string of the molecule is Cc1ccccc1CN(C(=O)CCCN(c1ccc(F)cc1)S(C)(=O)=O)[C@H](C)C(=O)NC(C)C. The van der Waals surface area contributed by atoms with Crippen LogP contribution in [0.4, 0.5) is 10.1 Å². The Kier molecular flexibility index (Phi) is 9.61. The van der Waals surface area contributed by atoms with E-state index < -0.39 is 21.9 Å². The lowest BCUT2D eigenvalue weighted by Crippen LogP contribution is -2.49. The number of anilines is 1. The smallest absolute Gasteiger partial charge is 0.242 e. The lowest BCUT2D eigenvalue weighted by Gasteiger charge is -2.30. The zero-order valence-corrected chi connectivity index (χ0v) is 21.2. The van der Waals surface area contributed by atoms with Gasteiger partial charge in [0.15, 0.2) is 0 Å². The fourth-order valence-electron chi connectivity index (χ4n) is 3.57. The van der Waals surface area contributed by atoms with E-state index in [1.54, 1.807) is 6.92 Å². The molecule has 0 fully saturated rings. The molecule has 1 atom stereocenters. The van der Waals surface area contributed by atoms with Crippen LogP contribution in [0.15, 0.2) is 48.5 Å². The summed E-state index contributed by atoms with van der Waals surface area (Å²) in [5, 5.41) is 2.85. The summed E-state index contributed by atoms with van der Waals surface area (Å²) in [6.45, 7) is 7.67. The molecule has 34 heavy (non-hydrogen) atoms. The lowest BCUT2D eigenvalue weighted by atomic mass is 10.1. The molecule has 0 spiro atoms. The quantitative estimate of drug-likeness (QED) is 0.520. The minimum Gasteiger partial charge on any atom is -0.352 e. The van der Waals surface area contributed by atoms with E-state index in [0.717, 1.165) is 21.7 Å². The Labute approximate surface area is 202 Å². The number of hydrogen-bond donors (Lipinski definition) is 1. The normalized spacial score (nSPS) is 12.3. The number of rotatable bonds is 11. The highest BCUT2D eigenvalue weighted by Crippen LogP contribution is 2.20. The Balaban J connectivity index is 2.17. The van der Waals surface area contributed by atoms with E-state index in [1.165, 1.54) is 29.2 Å². The number of carbonyl (C=O) groups is 2. The van der Waals surface area contributed by atoms with Gasteiger partial charge in [0, 0.05) is 25.6 Å². The van der Waals surface area contributed by atoms with Gasteiger partial charge in [-0.1, -0.05) is 24.3 Å². The van der Waals surface area contributed by atoms with Gasteiger partial charge in [-0.3, -0.25) is 13.9 Å². The fraction of sp³-hybridized carbons (Fsp3) is 0.440. The summed E-state index contributed by atoms with van der Waals surface area (Å²) in [4.78, 5) is 27.4. The van der Waals surface area contributed by atoms with Crippen molar-refractivity contribution in [2.24, 2.45) is 0 Å². The molecular formula is C25H34FN3O4S. The average molecular weight is 492 g/mol. The van der Waals surface area contributed by atoms with Crippen LogP contribution in [-0.4, -0.2) is 50.0 Å². The molecule has 0 aromatic heterocycles. The first-order valence-corrected chi connectivity index (χ1v) is 13.1. The van der Waals surface area contributed by atoms with Crippen LogP contribution in [0, 0.1) is 12.7 Å². The molecule has 1 N–H and O–H groups in total. The van der Waals surface area contributed by atoms with E-state index in [0.29, 0.717) is 5.69 Å². The summed E-state index contributed by atoms with van der Waals surface area (Å²) >= 11 is 0. The van der Waals surface area contributed by atoms with Crippen molar-refractivity contribution >= 4 is 27.5 Å². The van der Waals surface area contributed by atoms with Gasteiger partial charge in [0.05, 0.1) is 11.9 Å². The molecule has 0 radical (unpaired) electrons. The van der Waals surface area contributed by atoms with E-state index in [2.05, 4.69) is 5.32 Å². The summed E-state index contributed by atoms with van der Waals surface area (Å²) in [6, 6.07) is 12.1. The fourth-order valence-corrected chi connectivity index (χ4v) is 4.54. The number of nitrogens with zero attached hydrogens (tertiary/aromatic N) is 2. The molecule has 0 heterocycles. The van der Waals surface area contributed by atoms with Gasteiger partial charge < -0.3 is 10.2 Å². The minimum absolute atomic E-state index is 0.0540. The van der Waals surface area contributed by atoms with Crippen molar-refractivity contribution in [2.45, 2.75) is 59.2 Å². The summed E-state index contributed by atoms with van der Waals surface area (Å²) in [6.07, 6.45) is 1.37. The zero-order valence-electron chi connectivity index (χ0n) is 20.4. The number of amides is 2. The Bertz CT molecular complexity index is 1090. The first kappa shape index (κ1) is 27.3. The van der Waals surface area contributed by atoms with Gasteiger partial charge in [-0.2, -0.15) is 0 Å². The van der Waals surface area contributed by atoms with Crippen LogP contribution in [0.3, 0.4) is 0 Å². The molecule has 2 amide bonds. The number of halogens is 1. The minimum atomic E-state index is -3.62. The molecule has 7 nitrogen and oxygen atoms in total. The van der Waals surface area contributed by atoms with Gasteiger partial charge in [-0.15, -0.1) is 0 Å². The first-order chi connectivity index (χ1) is 15.9. The molecule has 0 unspecified atom stereocenters. The molecule has 0 aliphatic heterocycles. The molecule has 9 heteroatoms. The second-order valence-electron chi connectivity index (χ2n) is 8.70. The predicted molar refractivity (Wildman–Crippen MR) is 132 cm³/mol. The average Bonchev–Trinajstić information content (AvgIpc) is 2.75. The first-order valence-electron chi connectivity index (χ1n) is 11.3. The third kappa shape index (κ3) is 7.83. The lowest BCUT2D eigenvalue weighted by molar-refractivity contribution is -0.140. The van der Waals surface area contributed by atoms with Crippen LogP contribution in [0.25, 0.3) is 0 Å². The van der Waals surface area contributed by atoms with Crippen molar-refractivity contribution in [3.8, 4) is 0 Å². The highest BCUT2D eigenvalue weighted by Gasteiger charge is 2.27. The van der Waals surface area contributed by atoms with Crippen LogP contribution in [0.1, 0.15) is 44.7 Å². The summed E-state index contributed by atoms with van der Waals surface area (Å²) in [5.74, 6) is -0.962. The maximum atomic E-state index is 13.3. The number of aryl methyl sites for hydroxylation is 1. The monoisotopic (exact) mass is 491 g/mol. The highest BCUT2D eigenvalue weighted by molar-refractivity contribution is 7.92. The maximum absolute atomic E-state index is 13.3.